The van der Waals surface area contributed by atoms with Crippen LogP contribution in [0, 0.1) is 0 Å². The van der Waals surface area contributed by atoms with Crippen molar-refractivity contribution in [3.8, 4) is 0 Å². The zero-order valence-electron chi connectivity index (χ0n) is 7.75. The maximum atomic E-state index is 9.32. The van der Waals surface area contributed by atoms with Gasteiger partial charge in [-0.15, -0.1) is 0 Å². The molecule has 0 rings (SSSR count). The quantitative estimate of drug-likeness (QED) is 0.316. The van der Waals surface area contributed by atoms with E-state index in [0.29, 0.717) is 0 Å². The Morgan fingerprint density at radius 3 is 0.706 bits per heavy atom. The van der Waals surface area contributed by atoms with Gasteiger partial charge < -0.3 is 33.0 Å². The summed E-state index contributed by atoms with van der Waals surface area (Å²) in [6.07, 6.45) is 0. The molecule has 7 nitrogen and oxygen atoms in total. The van der Waals surface area contributed by atoms with Crippen LogP contribution in [-0.4, -0.2) is 118 Å². The summed E-state index contributed by atoms with van der Waals surface area (Å²) in [4.78, 5) is 37.3. The van der Waals surface area contributed by atoms with Crippen molar-refractivity contribution in [2.45, 2.75) is 0 Å². The molecule has 0 aliphatic heterocycles. The molecule has 0 aromatic rings. The second kappa shape index (κ2) is 31.5. The van der Waals surface area contributed by atoms with E-state index in [9.17, 15) is 28.7 Å². The molecule has 0 N–H and O–H groups in total. The molecule has 0 aliphatic carbocycles. The van der Waals surface area contributed by atoms with Crippen molar-refractivity contribution >= 4 is 134 Å². The fourth-order valence-corrected chi connectivity index (χ4v) is 1.10. The number of phosphoric acid groups is 2. The van der Waals surface area contributed by atoms with Gasteiger partial charge in [-0.05, 0) is 0 Å². The van der Waals surface area contributed by atoms with Crippen molar-refractivity contribution < 1.29 is 239 Å². The Morgan fingerprint density at radius 2 is 0.706 bits per heavy atom. The number of hydrogen-bond donors (Lipinski definition) is 0. The van der Waals surface area contributed by atoms with Crippen molar-refractivity contribution in [3.05, 3.63) is 0 Å². The van der Waals surface area contributed by atoms with Crippen molar-refractivity contribution in [2.24, 2.45) is 0 Å². The zero-order valence-corrected chi connectivity index (χ0v) is 22.0. The van der Waals surface area contributed by atoms with Gasteiger partial charge in [-0.1, -0.05) is 0 Å². The van der Waals surface area contributed by atoms with Gasteiger partial charge in [0.05, 0.1) is 15.6 Å². The van der Waals surface area contributed by atoms with E-state index in [1.54, 1.807) is 0 Å². The van der Waals surface area contributed by atoms with Crippen LogP contribution in [0.5, 0.6) is 0 Å². The maximum absolute atomic E-state index is 9.32. The normalized spacial score (nSPS) is 7.29. The third-order valence-electron chi connectivity index (χ3n) is 0.200. The van der Waals surface area contributed by atoms with E-state index in [-0.39, 0.29) is 324 Å². The van der Waals surface area contributed by atoms with Crippen molar-refractivity contribution in [3.63, 3.8) is 0 Å². The van der Waals surface area contributed by atoms with Crippen LogP contribution in [0.1, 0.15) is 0 Å². The molecule has 0 atom stereocenters. The van der Waals surface area contributed by atoms with Crippen LogP contribution in [0.3, 0.4) is 0 Å². The Balaban J connectivity index is -0.0000000114. The Hall–Kier alpha value is 10.8. The summed E-state index contributed by atoms with van der Waals surface area (Å²) in [6.45, 7) is 0. The fourth-order valence-electron chi connectivity index (χ4n) is 0.122. The molecule has 0 radical (unpaired) electrons. The predicted octanol–water partition coefficient (Wildman–Crippen LogP) is -17.9. The van der Waals surface area contributed by atoms with Crippen LogP contribution < -0.4 is 225 Å². The topological polar surface area (TPSA) is 136 Å². The van der Waals surface area contributed by atoms with Crippen LogP contribution in [-0.2, 0) is 13.4 Å². The fraction of sp³-hybridized carbons (Fsp3) is 0. The molecule has 0 saturated carbocycles. The van der Waals surface area contributed by atoms with E-state index < -0.39 is 15.6 Å². The molecule has 17 heavy (non-hydrogen) atoms. The summed E-state index contributed by atoms with van der Waals surface area (Å²) < 4.78 is 21.2. The predicted molar refractivity (Wildman–Crippen MR) is 44.9 cm³/mol. The monoisotopic (exact) mass is 426 g/mol. The number of rotatable bonds is 2. The standard InChI is InChI=1S/4K.4Na.H4O7P2.4H/c;;;;;;;;1-8(2,3)7-9(4,5)6;;;;/h;;;;;;;;(H2,1,2,3)(H2,4,5,6);;;;/q4*+1;;;;;;;;;/p-4. The van der Waals surface area contributed by atoms with E-state index in [1.165, 1.54) is 0 Å². The average Bonchev–Trinajstić information content (AvgIpc) is 1.14. The molecule has 0 unspecified atom stereocenters. The van der Waals surface area contributed by atoms with Crippen LogP contribution >= 0.6 is 15.6 Å². The molecule has 0 heterocycles. The molecular formula is H4K4Na4O7P2. The van der Waals surface area contributed by atoms with E-state index in [2.05, 4.69) is 4.31 Å². The third-order valence-corrected chi connectivity index (χ3v) is 1.80. The van der Waals surface area contributed by atoms with Gasteiger partial charge >= 0.3 is 324 Å². The summed E-state index contributed by atoms with van der Waals surface area (Å²) in [7, 11) is -11.4. The first kappa shape index (κ1) is 56.5. The molecule has 0 fully saturated rings. The summed E-state index contributed by atoms with van der Waals surface area (Å²) in [5.74, 6) is 0. The van der Waals surface area contributed by atoms with Crippen molar-refractivity contribution in [2.75, 3.05) is 0 Å². The number of hydrogen-bond acceptors (Lipinski definition) is 7. The van der Waals surface area contributed by atoms with Gasteiger partial charge in [0.2, 0.25) is 0 Å². The first-order chi connectivity index (χ1) is 3.71. The molecule has 0 aromatic carbocycles. The Labute approximate surface area is 359 Å². The van der Waals surface area contributed by atoms with Crippen molar-refractivity contribution in [1.29, 1.82) is 0 Å². The molecular weight excluding hydrogens is 422 g/mol. The molecule has 0 bridgehead atoms. The van der Waals surface area contributed by atoms with E-state index >= 15 is 0 Å². The second-order valence-corrected chi connectivity index (χ2v) is 3.42. The second-order valence-electron chi connectivity index (χ2n) is 0.976. The third kappa shape index (κ3) is 58.4. The van der Waals surface area contributed by atoms with Crippen LogP contribution in [0.15, 0.2) is 0 Å². The van der Waals surface area contributed by atoms with Gasteiger partial charge in [-0.2, -0.15) is 0 Å². The summed E-state index contributed by atoms with van der Waals surface area (Å²) in [5, 5.41) is 0. The zero-order chi connectivity index (χ0) is 7.71. The van der Waals surface area contributed by atoms with Crippen LogP contribution in [0.25, 0.3) is 0 Å². The first-order valence-electron chi connectivity index (χ1n) is 1.46. The first-order valence-corrected chi connectivity index (χ1v) is 4.38. The van der Waals surface area contributed by atoms with Crippen molar-refractivity contribution in [1.82, 2.24) is 0 Å². The van der Waals surface area contributed by atoms with Gasteiger partial charge in [0.25, 0.3) is 0 Å². The molecule has 0 spiro atoms. The average molecular weight is 426 g/mol. The summed E-state index contributed by atoms with van der Waals surface area (Å²) >= 11 is 0. The van der Waals surface area contributed by atoms with Gasteiger partial charge in [0, 0.05) is 0 Å². The molecule has 0 saturated heterocycles. The van der Waals surface area contributed by atoms with Gasteiger partial charge in [0.15, 0.2) is 0 Å². The minimum atomic E-state index is -5.68. The van der Waals surface area contributed by atoms with Gasteiger partial charge in [-0.3, -0.25) is 0 Å². The van der Waals surface area contributed by atoms with Gasteiger partial charge in [0.1, 0.15) is 0 Å². The summed E-state index contributed by atoms with van der Waals surface area (Å²) in [5.41, 5.74) is 0. The molecule has 0 amide bonds. The van der Waals surface area contributed by atoms with E-state index in [1.807, 2.05) is 0 Å². The molecule has 0 aliphatic rings. The molecule has 0 aromatic heterocycles. The minimum absolute atomic E-state index is 0. The Morgan fingerprint density at radius 1 is 0.588 bits per heavy atom. The van der Waals surface area contributed by atoms with E-state index in [4.69, 9.17) is 0 Å². The van der Waals surface area contributed by atoms with Gasteiger partial charge in [-0.25, -0.2) is 0 Å². The Kier molecular flexibility index (Phi) is 105. The summed E-state index contributed by atoms with van der Waals surface area (Å²) in [6, 6.07) is 0. The molecule has 17 heteroatoms. The van der Waals surface area contributed by atoms with Crippen LogP contribution in [0.2, 0.25) is 0 Å². The van der Waals surface area contributed by atoms with Crippen LogP contribution in [0.4, 0.5) is 0 Å². The Bertz CT molecular complexity index is 172. The SMILES string of the molecule is O=P([O-])([O-])OP(=O)([O-])[O-].[K+].[K+].[K+].[K+].[NaH].[NaH].[NaH].[NaH]. The van der Waals surface area contributed by atoms with E-state index in [0.717, 1.165) is 0 Å². The molecule has 64 valence electrons.